The van der Waals surface area contributed by atoms with Crippen LogP contribution < -0.4 is 0 Å². The number of hydrogen-bond acceptors (Lipinski definition) is 3. The summed E-state index contributed by atoms with van der Waals surface area (Å²) in [6.07, 6.45) is 0. The number of rotatable bonds is 1. The number of ether oxygens (including phenoxy) is 1. The lowest BCUT2D eigenvalue weighted by molar-refractivity contribution is 0.198. The largest absolute Gasteiger partial charge is 0.482 e. The van der Waals surface area contributed by atoms with E-state index in [1.165, 1.54) is 14.2 Å². The minimum atomic E-state index is 0.530. The van der Waals surface area contributed by atoms with E-state index in [4.69, 9.17) is 0 Å². The highest BCUT2D eigenvalue weighted by atomic mass is 16.6. The molecule has 0 aliphatic rings. The molecule has 0 spiro atoms. The molecular weight excluding hydrogens is 94.0 g/mol. The minimum absolute atomic E-state index is 0.530. The Morgan fingerprint density at radius 2 is 2.00 bits per heavy atom. The van der Waals surface area contributed by atoms with Crippen LogP contribution in [0.5, 0.6) is 0 Å². The van der Waals surface area contributed by atoms with Gasteiger partial charge in [0.2, 0.25) is 5.90 Å². The molecule has 42 valence electrons. The summed E-state index contributed by atoms with van der Waals surface area (Å²) in [5, 5.41) is 3.44. The van der Waals surface area contributed by atoms with Crippen molar-refractivity contribution in [2.75, 3.05) is 14.2 Å². The summed E-state index contributed by atoms with van der Waals surface area (Å²) in [6.45, 7) is 1.71. The van der Waals surface area contributed by atoms with Crippen molar-refractivity contribution in [2.24, 2.45) is 5.16 Å². The lowest BCUT2D eigenvalue weighted by Gasteiger charge is -1.92. The lowest BCUT2D eigenvalue weighted by Crippen LogP contribution is -1.92. The molecule has 0 aliphatic carbocycles. The normalized spacial score (nSPS) is 11.0. The van der Waals surface area contributed by atoms with Crippen LogP contribution in [-0.4, -0.2) is 20.1 Å². The predicted octanol–water partition coefficient (Wildman–Crippen LogP) is 0.613. The highest BCUT2D eigenvalue weighted by molar-refractivity contribution is 5.72. The number of nitrogens with zero attached hydrogens (tertiary/aromatic N) is 1. The maximum Gasteiger partial charge on any atom is 0.222 e. The van der Waals surface area contributed by atoms with Gasteiger partial charge >= 0.3 is 0 Å². The van der Waals surface area contributed by atoms with E-state index in [1.54, 1.807) is 6.92 Å². The second-order valence-electron chi connectivity index (χ2n) is 0.997. The Labute approximate surface area is 42.9 Å². The molecule has 0 fully saturated rings. The number of hydrogen-bond donors (Lipinski definition) is 0. The molecule has 0 saturated heterocycles. The van der Waals surface area contributed by atoms with Crippen LogP contribution in [0.2, 0.25) is 0 Å². The monoisotopic (exact) mass is 103 g/mol. The van der Waals surface area contributed by atoms with Crippen LogP contribution in [0.4, 0.5) is 0 Å². The summed E-state index contributed by atoms with van der Waals surface area (Å²) in [4.78, 5) is 4.36. The zero-order valence-electron chi connectivity index (χ0n) is 4.76. The number of methoxy groups -OCH3 is 1. The summed E-state index contributed by atoms with van der Waals surface area (Å²) >= 11 is 0. The third kappa shape index (κ3) is 3.09. The van der Waals surface area contributed by atoms with Crippen LogP contribution in [0.1, 0.15) is 6.92 Å². The highest BCUT2D eigenvalue weighted by Gasteiger charge is 1.79. The Hall–Kier alpha value is -0.730. The van der Waals surface area contributed by atoms with Gasteiger partial charge in [0.1, 0.15) is 7.11 Å². The van der Waals surface area contributed by atoms with Crippen LogP contribution in [0.25, 0.3) is 0 Å². The molecule has 0 N–H and O–H groups in total. The first kappa shape index (κ1) is 6.27. The van der Waals surface area contributed by atoms with Crippen LogP contribution in [-0.2, 0) is 9.57 Å². The molecule has 0 aromatic heterocycles. The van der Waals surface area contributed by atoms with E-state index in [2.05, 4.69) is 14.7 Å². The van der Waals surface area contributed by atoms with Gasteiger partial charge in [-0.25, -0.2) is 0 Å². The third-order valence-corrected chi connectivity index (χ3v) is 0.515. The van der Waals surface area contributed by atoms with Gasteiger partial charge in [-0.1, -0.05) is 5.16 Å². The van der Waals surface area contributed by atoms with Gasteiger partial charge in [0.15, 0.2) is 0 Å². The van der Waals surface area contributed by atoms with Crippen molar-refractivity contribution in [3.8, 4) is 0 Å². The van der Waals surface area contributed by atoms with Crippen LogP contribution in [0, 0.1) is 0 Å². The smallest absolute Gasteiger partial charge is 0.222 e. The molecule has 0 aromatic carbocycles. The van der Waals surface area contributed by atoms with Gasteiger partial charge < -0.3 is 9.57 Å². The fraction of sp³-hybridized carbons (Fsp3) is 0.750. The van der Waals surface area contributed by atoms with Gasteiger partial charge in [0, 0.05) is 6.92 Å². The van der Waals surface area contributed by atoms with Gasteiger partial charge in [-0.15, -0.1) is 0 Å². The van der Waals surface area contributed by atoms with Crippen molar-refractivity contribution in [3.05, 3.63) is 0 Å². The Kier molecular flexibility index (Phi) is 3.10. The molecule has 0 radical (unpaired) electrons. The Bertz CT molecular complexity index is 70.1. The molecule has 0 amide bonds. The molecule has 0 heterocycles. The molecular formula is C4H9NO2. The lowest BCUT2D eigenvalue weighted by atomic mass is 10.8. The van der Waals surface area contributed by atoms with E-state index in [0.717, 1.165) is 0 Å². The summed E-state index contributed by atoms with van der Waals surface area (Å²) in [7, 11) is 3.01. The Balaban J connectivity index is 3.29. The standard InChI is InChI=1S/C4H9NO2/c1-4(6-2)5-7-3/h1-3H3. The van der Waals surface area contributed by atoms with Gasteiger partial charge in [-0.05, 0) is 0 Å². The van der Waals surface area contributed by atoms with Gasteiger partial charge in [-0.3, -0.25) is 0 Å². The van der Waals surface area contributed by atoms with Crippen molar-refractivity contribution in [2.45, 2.75) is 6.92 Å². The van der Waals surface area contributed by atoms with Gasteiger partial charge in [-0.2, -0.15) is 0 Å². The maximum absolute atomic E-state index is 4.62. The SMILES string of the molecule is CON=C(C)OC. The van der Waals surface area contributed by atoms with Crippen LogP contribution in [0.15, 0.2) is 5.16 Å². The second kappa shape index (κ2) is 3.46. The minimum Gasteiger partial charge on any atom is -0.482 e. The number of oxime groups is 1. The van der Waals surface area contributed by atoms with Crippen molar-refractivity contribution in [1.29, 1.82) is 0 Å². The van der Waals surface area contributed by atoms with Crippen LogP contribution in [0.3, 0.4) is 0 Å². The molecule has 7 heavy (non-hydrogen) atoms. The fourth-order valence-electron chi connectivity index (χ4n) is 0.166. The fourth-order valence-corrected chi connectivity index (χ4v) is 0.166. The van der Waals surface area contributed by atoms with Crippen molar-refractivity contribution < 1.29 is 9.57 Å². The van der Waals surface area contributed by atoms with Gasteiger partial charge in [0.05, 0.1) is 7.11 Å². The molecule has 0 aliphatic heterocycles. The summed E-state index contributed by atoms with van der Waals surface area (Å²) in [6, 6.07) is 0. The maximum atomic E-state index is 4.62. The quantitative estimate of drug-likeness (QED) is 0.276. The van der Waals surface area contributed by atoms with Crippen molar-refractivity contribution >= 4 is 5.90 Å². The van der Waals surface area contributed by atoms with E-state index in [9.17, 15) is 0 Å². The molecule has 0 rings (SSSR count). The van der Waals surface area contributed by atoms with E-state index in [-0.39, 0.29) is 0 Å². The van der Waals surface area contributed by atoms with E-state index in [0.29, 0.717) is 5.90 Å². The average molecular weight is 103 g/mol. The van der Waals surface area contributed by atoms with Crippen molar-refractivity contribution in [3.63, 3.8) is 0 Å². The Morgan fingerprint density at radius 3 is 2.14 bits per heavy atom. The third-order valence-electron chi connectivity index (χ3n) is 0.515. The first-order valence-corrected chi connectivity index (χ1v) is 1.93. The molecule has 0 aromatic rings. The highest BCUT2D eigenvalue weighted by Crippen LogP contribution is 1.75. The molecule has 0 unspecified atom stereocenters. The molecule has 0 saturated carbocycles. The summed E-state index contributed by atoms with van der Waals surface area (Å²) < 4.78 is 4.62. The zero-order chi connectivity index (χ0) is 5.70. The van der Waals surface area contributed by atoms with Gasteiger partial charge in [0.25, 0.3) is 0 Å². The van der Waals surface area contributed by atoms with Crippen molar-refractivity contribution in [1.82, 2.24) is 0 Å². The van der Waals surface area contributed by atoms with E-state index >= 15 is 0 Å². The van der Waals surface area contributed by atoms with E-state index < -0.39 is 0 Å². The molecule has 3 heteroatoms. The first-order chi connectivity index (χ1) is 3.31. The topological polar surface area (TPSA) is 30.8 Å². The summed E-state index contributed by atoms with van der Waals surface area (Å²) in [5.74, 6) is 0.530. The summed E-state index contributed by atoms with van der Waals surface area (Å²) in [5.41, 5.74) is 0. The second-order valence-corrected chi connectivity index (χ2v) is 0.997. The predicted molar refractivity (Wildman–Crippen MR) is 27.1 cm³/mol. The molecule has 0 atom stereocenters. The van der Waals surface area contributed by atoms with Crippen LogP contribution >= 0.6 is 0 Å². The zero-order valence-corrected chi connectivity index (χ0v) is 4.76. The Morgan fingerprint density at radius 1 is 1.43 bits per heavy atom. The molecule has 0 bridgehead atoms. The molecule has 3 nitrogen and oxygen atoms in total. The average Bonchev–Trinajstić information content (AvgIpc) is 1.68. The van der Waals surface area contributed by atoms with E-state index in [1.807, 2.05) is 0 Å². The first-order valence-electron chi connectivity index (χ1n) is 1.93.